The summed E-state index contributed by atoms with van der Waals surface area (Å²) in [5.74, 6) is -0.972. The third-order valence-electron chi connectivity index (χ3n) is 3.62. The van der Waals surface area contributed by atoms with Crippen LogP contribution in [0, 0.1) is 17.0 Å². The van der Waals surface area contributed by atoms with Crippen molar-refractivity contribution >= 4 is 0 Å². The number of benzene rings is 1. The van der Waals surface area contributed by atoms with Crippen molar-refractivity contribution in [2.45, 2.75) is 32.1 Å². The lowest BCUT2D eigenvalue weighted by Gasteiger charge is -2.54. The fraction of sp³-hybridized carbons (Fsp3) is 0.571. The molecule has 2 rings (SSSR count). The monoisotopic (exact) mass is 239 g/mol. The van der Waals surface area contributed by atoms with E-state index in [0.29, 0.717) is 0 Å². The molecule has 0 aromatic heterocycles. The van der Waals surface area contributed by atoms with Gasteiger partial charge < -0.3 is 5.32 Å². The highest BCUT2D eigenvalue weighted by Crippen LogP contribution is 2.55. The van der Waals surface area contributed by atoms with Crippen molar-refractivity contribution in [3.05, 3.63) is 35.4 Å². The van der Waals surface area contributed by atoms with Crippen LogP contribution in [0.5, 0.6) is 0 Å². The average Bonchev–Trinajstić information content (AvgIpc) is 2.13. The highest BCUT2D eigenvalue weighted by molar-refractivity contribution is 5.32. The van der Waals surface area contributed by atoms with Crippen molar-refractivity contribution < 1.29 is 8.78 Å². The zero-order chi connectivity index (χ0) is 12.7. The molecule has 1 N–H and O–H groups in total. The van der Waals surface area contributed by atoms with Gasteiger partial charge in [-0.05, 0) is 43.0 Å². The Morgan fingerprint density at radius 2 is 1.65 bits per heavy atom. The lowest BCUT2D eigenvalue weighted by molar-refractivity contribution is 0.0574. The van der Waals surface area contributed by atoms with Crippen molar-refractivity contribution in [3.8, 4) is 0 Å². The molecule has 1 aromatic rings. The molecule has 1 nitrogen and oxygen atoms in total. The first-order valence-corrected chi connectivity index (χ1v) is 5.98. The molecule has 1 fully saturated rings. The molecule has 94 valence electrons. The van der Waals surface area contributed by atoms with Crippen molar-refractivity contribution in [1.82, 2.24) is 5.32 Å². The van der Waals surface area contributed by atoms with Crippen LogP contribution in [0.4, 0.5) is 8.78 Å². The first-order chi connectivity index (χ1) is 7.87. The molecule has 1 saturated carbocycles. The summed E-state index contributed by atoms with van der Waals surface area (Å²) in [6.45, 7) is 5.15. The van der Waals surface area contributed by atoms with Crippen molar-refractivity contribution in [1.29, 1.82) is 0 Å². The van der Waals surface area contributed by atoms with Crippen LogP contribution >= 0.6 is 0 Å². The van der Waals surface area contributed by atoms with E-state index in [-0.39, 0.29) is 10.8 Å². The maximum atomic E-state index is 13.3. The fourth-order valence-corrected chi connectivity index (χ4v) is 3.41. The maximum absolute atomic E-state index is 13.3. The summed E-state index contributed by atoms with van der Waals surface area (Å²) in [5.41, 5.74) is 0.935. The molecular formula is C14H19F2N. The SMILES string of the molecule is CNCC1(c2cc(F)cc(F)c2)CC(C)(C)C1. The van der Waals surface area contributed by atoms with Gasteiger partial charge in [0, 0.05) is 18.0 Å². The fourth-order valence-electron chi connectivity index (χ4n) is 3.41. The second-order valence-electron chi connectivity index (χ2n) is 5.99. The van der Waals surface area contributed by atoms with Gasteiger partial charge in [-0.25, -0.2) is 8.78 Å². The zero-order valence-corrected chi connectivity index (χ0v) is 10.6. The number of halogens is 2. The van der Waals surface area contributed by atoms with Crippen LogP contribution in [0.25, 0.3) is 0 Å². The van der Waals surface area contributed by atoms with Gasteiger partial charge >= 0.3 is 0 Å². The number of likely N-dealkylation sites (N-methyl/N-ethyl adjacent to an activating group) is 1. The second kappa shape index (κ2) is 4.05. The molecule has 0 bridgehead atoms. The van der Waals surface area contributed by atoms with Gasteiger partial charge in [-0.3, -0.25) is 0 Å². The maximum Gasteiger partial charge on any atom is 0.126 e. The van der Waals surface area contributed by atoms with E-state index >= 15 is 0 Å². The van der Waals surface area contributed by atoms with Gasteiger partial charge in [0.05, 0.1) is 0 Å². The lowest BCUT2D eigenvalue weighted by atomic mass is 9.52. The minimum Gasteiger partial charge on any atom is -0.319 e. The van der Waals surface area contributed by atoms with E-state index in [4.69, 9.17) is 0 Å². The number of nitrogens with one attached hydrogen (secondary N) is 1. The van der Waals surface area contributed by atoms with E-state index < -0.39 is 11.6 Å². The van der Waals surface area contributed by atoms with E-state index in [1.165, 1.54) is 12.1 Å². The van der Waals surface area contributed by atoms with Gasteiger partial charge in [-0.15, -0.1) is 0 Å². The van der Waals surface area contributed by atoms with E-state index in [2.05, 4.69) is 19.2 Å². The van der Waals surface area contributed by atoms with Crippen LogP contribution in [0.1, 0.15) is 32.3 Å². The average molecular weight is 239 g/mol. The Morgan fingerprint density at radius 3 is 2.06 bits per heavy atom. The van der Waals surface area contributed by atoms with Gasteiger partial charge in [0.2, 0.25) is 0 Å². The quantitative estimate of drug-likeness (QED) is 0.853. The van der Waals surface area contributed by atoms with Gasteiger partial charge in [-0.2, -0.15) is 0 Å². The van der Waals surface area contributed by atoms with Crippen LogP contribution in [0.15, 0.2) is 18.2 Å². The van der Waals surface area contributed by atoms with Crippen LogP contribution in [0.3, 0.4) is 0 Å². The van der Waals surface area contributed by atoms with Gasteiger partial charge in [0.25, 0.3) is 0 Å². The summed E-state index contributed by atoms with van der Waals surface area (Å²) >= 11 is 0. The van der Waals surface area contributed by atoms with Crippen molar-refractivity contribution in [2.24, 2.45) is 5.41 Å². The minimum atomic E-state index is -0.486. The molecule has 0 amide bonds. The Bertz CT molecular complexity index is 398. The Hall–Kier alpha value is -0.960. The molecule has 0 saturated heterocycles. The molecule has 1 aliphatic rings. The first-order valence-electron chi connectivity index (χ1n) is 5.98. The highest BCUT2D eigenvalue weighted by atomic mass is 19.1. The molecule has 0 aliphatic heterocycles. The molecule has 3 heteroatoms. The van der Waals surface area contributed by atoms with E-state index in [0.717, 1.165) is 31.0 Å². The Labute approximate surface area is 101 Å². The van der Waals surface area contributed by atoms with Crippen LogP contribution in [-0.2, 0) is 5.41 Å². The molecule has 1 aromatic carbocycles. The molecule has 0 radical (unpaired) electrons. The third-order valence-corrected chi connectivity index (χ3v) is 3.62. The smallest absolute Gasteiger partial charge is 0.126 e. The van der Waals surface area contributed by atoms with Crippen LogP contribution in [-0.4, -0.2) is 13.6 Å². The Morgan fingerprint density at radius 1 is 1.12 bits per heavy atom. The molecule has 0 unspecified atom stereocenters. The third kappa shape index (κ3) is 2.34. The topological polar surface area (TPSA) is 12.0 Å². The number of hydrogen-bond acceptors (Lipinski definition) is 1. The molecule has 0 spiro atoms. The van der Waals surface area contributed by atoms with Crippen molar-refractivity contribution in [3.63, 3.8) is 0 Å². The van der Waals surface area contributed by atoms with Crippen molar-refractivity contribution in [2.75, 3.05) is 13.6 Å². The summed E-state index contributed by atoms with van der Waals surface area (Å²) in [6, 6.07) is 3.87. The van der Waals surface area contributed by atoms with Crippen LogP contribution in [0.2, 0.25) is 0 Å². The van der Waals surface area contributed by atoms with Crippen LogP contribution < -0.4 is 5.32 Å². The summed E-state index contributed by atoms with van der Waals surface area (Å²) in [7, 11) is 1.88. The molecule has 0 heterocycles. The van der Waals surface area contributed by atoms with Gasteiger partial charge in [-0.1, -0.05) is 13.8 Å². The molecule has 17 heavy (non-hydrogen) atoms. The molecular weight excluding hydrogens is 220 g/mol. The first kappa shape index (κ1) is 12.5. The standard InChI is InChI=1S/C14H19F2N/c1-13(2)7-14(8-13,9-17-3)10-4-11(15)6-12(16)5-10/h4-6,17H,7-9H2,1-3H3. The number of rotatable bonds is 3. The second-order valence-corrected chi connectivity index (χ2v) is 5.99. The van der Waals surface area contributed by atoms with E-state index in [1.807, 2.05) is 7.05 Å². The summed E-state index contributed by atoms with van der Waals surface area (Å²) in [6.07, 6.45) is 1.92. The highest BCUT2D eigenvalue weighted by Gasteiger charge is 2.49. The largest absolute Gasteiger partial charge is 0.319 e. The van der Waals surface area contributed by atoms with Gasteiger partial charge in [0.1, 0.15) is 11.6 Å². The van der Waals surface area contributed by atoms with E-state index in [9.17, 15) is 8.78 Å². The lowest BCUT2D eigenvalue weighted by Crippen LogP contribution is -2.52. The normalized spacial score (nSPS) is 21.0. The summed E-state index contributed by atoms with van der Waals surface area (Å²) in [4.78, 5) is 0. The summed E-state index contributed by atoms with van der Waals surface area (Å²) in [5, 5.41) is 3.14. The Balaban J connectivity index is 2.34. The predicted octanol–water partition coefficient (Wildman–Crippen LogP) is 3.24. The Kier molecular flexibility index (Phi) is 2.98. The molecule has 0 atom stereocenters. The van der Waals surface area contributed by atoms with Gasteiger partial charge in [0.15, 0.2) is 0 Å². The zero-order valence-electron chi connectivity index (χ0n) is 10.6. The predicted molar refractivity (Wildman–Crippen MR) is 65.0 cm³/mol. The van der Waals surface area contributed by atoms with E-state index in [1.54, 1.807) is 0 Å². The number of hydrogen-bond donors (Lipinski definition) is 1. The minimum absolute atomic E-state index is 0.110. The molecule has 1 aliphatic carbocycles. The summed E-state index contributed by atoms with van der Waals surface area (Å²) < 4.78 is 26.6.